The molecule has 0 fully saturated rings. The summed E-state index contributed by atoms with van der Waals surface area (Å²) in [5, 5.41) is 0.930. The van der Waals surface area contributed by atoms with E-state index in [4.69, 9.17) is 10.5 Å². The minimum Gasteiger partial charge on any atom is -0.475 e. The van der Waals surface area contributed by atoms with Gasteiger partial charge in [-0.15, -0.1) is 0 Å². The Balaban J connectivity index is 1.56. The van der Waals surface area contributed by atoms with E-state index >= 15 is 0 Å². The van der Waals surface area contributed by atoms with Crippen LogP contribution in [0.25, 0.3) is 16.7 Å². The third-order valence-electron chi connectivity index (χ3n) is 4.96. The topological polar surface area (TPSA) is 99.2 Å². The van der Waals surface area contributed by atoms with Crippen LogP contribution in [0.3, 0.4) is 0 Å². The van der Waals surface area contributed by atoms with Gasteiger partial charge in [0.25, 0.3) is 5.91 Å². The monoisotopic (exact) mass is 386 g/mol. The predicted molar refractivity (Wildman–Crippen MR) is 109 cm³/mol. The number of anilines is 2. The van der Waals surface area contributed by atoms with Gasteiger partial charge in [0.1, 0.15) is 30.0 Å². The van der Waals surface area contributed by atoms with E-state index in [1.807, 2.05) is 35.0 Å². The summed E-state index contributed by atoms with van der Waals surface area (Å²) in [7, 11) is 0. The molecule has 29 heavy (non-hydrogen) atoms. The fraction of sp³-hybridized carbons (Fsp3) is 0.143. The van der Waals surface area contributed by atoms with Gasteiger partial charge in [0.05, 0.1) is 18.4 Å². The predicted octanol–water partition coefficient (Wildman–Crippen LogP) is 2.75. The number of pyridine rings is 1. The Morgan fingerprint density at radius 3 is 2.86 bits per heavy atom. The first-order valence-corrected chi connectivity index (χ1v) is 9.21. The number of aryl methyl sites for hydroxylation is 1. The largest absolute Gasteiger partial charge is 0.475 e. The number of hydrogen-bond donors (Lipinski definition) is 1. The molecule has 0 spiro atoms. The highest BCUT2D eigenvalue weighted by Gasteiger charge is 2.29. The number of benzene rings is 1. The molecule has 3 aromatic heterocycles. The molecule has 1 aliphatic rings. The van der Waals surface area contributed by atoms with Gasteiger partial charge in [-0.2, -0.15) is 0 Å². The number of carbonyl (C=O) groups is 1. The van der Waals surface area contributed by atoms with E-state index in [9.17, 15) is 4.79 Å². The number of hydrogen-bond acceptors (Lipinski definition) is 6. The minimum atomic E-state index is -0.296. The lowest BCUT2D eigenvalue weighted by Gasteiger charge is -2.20. The normalized spacial score (nSPS) is 13.8. The van der Waals surface area contributed by atoms with Crippen LogP contribution in [-0.4, -0.2) is 38.6 Å². The van der Waals surface area contributed by atoms with E-state index in [0.717, 1.165) is 16.7 Å². The summed E-state index contributed by atoms with van der Waals surface area (Å²) in [4.78, 5) is 27.3. The number of rotatable bonds is 2. The number of fused-ring (bicyclic) bond motifs is 2. The third kappa shape index (κ3) is 2.85. The molecule has 0 aliphatic carbocycles. The van der Waals surface area contributed by atoms with Crippen LogP contribution in [0, 0.1) is 6.92 Å². The highest BCUT2D eigenvalue weighted by Crippen LogP contribution is 2.29. The molecule has 0 atom stereocenters. The Kier molecular flexibility index (Phi) is 3.90. The van der Waals surface area contributed by atoms with Crippen LogP contribution in [0.2, 0.25) is 0 Å². The standard InChI is InChI=1S/C21H18N6O2/c1-13-3-2-4-15(9-13)26-6-5-14-10-16(11-23-19(14)26)27-7-8-29-20-17(21(27)28)18(22)24-12-25-20/h2-6,9-12H,7-8H2,1H3,(H2,22,24,25). The molecule has 1 aromatic carbocycles. The van der Waals surface area contributed by atoms with Crippen molar-refractivity contribution in [1.29, 1.82) is 0 Å². The molecule has 144 valence electrons. The van der Waals surface area contributed by atoms with E-state index in [1.54, 1.807) is 11.1 Å². The Morgan fingerprint density at radius 2 is 2.00 bits per heavy atom. The van der Waals surface area contributed by atoms with Crippen LogP contribution in [-0.2, 0) is 0 Å². The van der Waals surface area contributed by atoms with Crippen molar-refractivity contribution in [3.05, 3.63) is 66.2 Å². The molecule has 4 aromatic rings. The second-order valence-corrected chi connectivity index (χ2v) is 6.88. The first-order chi connectivity index (χ1) is 14.1. The number of nitrogens with two attached hydrogens (primary N) is 1. The number of nitrogens with zero attached hydrogens (tertiary/aromatic N) is 5. The van der Waals surface area contributed by atoms with Gasteiger partial charge in [-0.25, -0.2) is 15.0 Å². The molecule has 0 saturated heterocycles. The summed E-state index contributed by atoms with van der Waals surface area (Å²) < 4.78 is 7.62. The summed E-state index contributed by atoms with van der Waals surface area (Å²) in [6, 6.07) is 12.1. The molecule has 8 nitrogen and oxygen atoms in total. The Bertz CT molecular complexity index is 1250. The van der Waals surface area contributed by atoms with Crippen LogP contribution in [0.5, 0.6) is 5.88 Å². The van der Waals surface area contributed by atoms with E-state index in [0.29, 0.717) is 18.8 Å². The van der Waals surface area contributed by atoms with Crippen LogP contribution in [0.4, 0.5) is 11.5 Å². The molecule has 0 bridgehead atoms. The number of aromatic nitrogens is 4. The first-order valence-electron chi connectivity index (χ1n) is 9.21. The highest BCUT2D eigenvalue weighted by molar-refractivity contribution is 6.11. The van der Waals surface area contributed by atoms with Gasteiger partial charge in [-0.05, 0) is 36.8 Å². The highest BCUT2D eigenvalue weighted by atomic mass is 16.5. The maximum absolute atomic E-state index is 13.1. The molecule has 8 heteroatoms. The average Bonchev–Trinajstić information content (AvgIpc) is 3.06. The first kappa shape index (κ1) is 17.2. The molecule has 5 rings (SSSR count). The fourth-order valence-corrected chi connectivity index (χ4v) is 3.56. The number of amides is 1. The zero-order chi connectivity index (χ0) is 20.0. The van der Waals surface area contributed by atoms with E-state index in [-0.39, 0.29) is 23.2 Å². The van der Waals surface area contributed by atoms with Crippen LogP contribution < -0.4 is 15.4 Å². The zero-order valence-electron chi connectivity index (χ0n) is 15.7. The smallest absolute Gasteiger partial charge is 0.267 e. The number of nitrogen functional groups attached to an aromatic ring is 1. The summed E-state index contributed by atoms with van der Waals surface area (Å²) in [5.41, 5.74) is 9.80. The van der Waals surface area contributed by atoms with Gasteiger partial charge in [-0.1, -0.05) is 12.1 Å². The lowest BCUT2D eigenvalue weighted by molar-refractivity contribution is 0.0990. The lowest BCUT2D eigenvalue weighted by Crippen LogP contribution is -2.32. The fourth-order valence-electron chi connectivity index (χ4n) is 3.56. The van der Waals surface area contributed by atoms with Gasteiger partial charge < -0.3 is 19.9 Å². The molecule has 1 amide bonds. The quantitative estimate of drug-likeness (QED) is 0.569. The summed E-state index contributed by atoms with van der Waals surface area (Å²) in [6.45, 7) is 2.72. The molecular formula is C21H18N6O2. The Morgan fingerprint density at radius 1 is 1.10 bits per heavy atom. The molecular weight excluding hydrogens is 368 g/mol. The molecule has 4 heterocycles. The van der Waals surface area contributed by atoms with Gasteiger partial charge in [0, 0.05) is 17.3 Å². The van der Waals surface area contributed by atoms with Crippen LogP contribution >= 0.6 is 0 Å². The maximum atomic E-state index is 13.1. The lowest BCUT2D eigenvalue weighted by atomic mass is 10.2. The van der Waals surface area contributed by atoms with Crippen molar-refractivity contribution in [2.24, 2.45) is 0 Å². The van der Waals surface area contributed by atoms with Gasteiger partial charge in [-0.3, -0.25) is 4.79 Å². The second-order valence-electron chi connectivity index (χ2n) is 6.88. The van der Waals surface area contributed by atoms with E-state index in [2.05, 4.69) is 34.0 Å². The zero-order valence-corrected chi connectivity index (χ0v) is 15.7. The molecule has 0 saturated carbocycles. The van der Waals surface area contributed by atoms with Crippen molar-refractivity contribution < 1.29 is 9.53 Å². The minimum absolute atomic E-state index is 0.103. The van der Waals surface area contributed by atoms with Crippen molar-refractivity contribution in [2.75, 3.05) is 23.8 Å². The summed E-state index contributed by atoms with van der Waals surface area (Å²) in [5.74, 6) is 0.0195. The summed E-state index contributed by atoms with van der Waals surface area (Å²) in [6.07, 6.45) is 4.96. The third-order valence-corrected chi connectivity index (χ3v) is 4.96. The molecule has 1 aliphatic heterocycles. The molecule has 0 radical (unpaired) electrons. The van der Waals surface area contributed by atoms with Gasteiger partial charge in [0.2, 0.25) is 5.88 Å². The van der Waals surface area contributed by atoms with Crippen LogP contribution in [0.1, 0.15) is 15.9 Å². The second kappa shape index (κ2) is 6.59. The van der Waals surface area contributed by atoms with Crippen molar-refractivity contribution in [2.45, 2.75) is 6.92 Å². The van der Waals surface area contributed by atoms with Crippen molar-refractivity contribution in [1.82, 2.24) is 19.5 Å². The van der Waals surface area contributed by atoms with Crippen LogP contribution in [0.15, 0.2) is 55.1 Å². The molecule has 0 unspecified atom stereocenters. The van der Waals surface area contributed by atoms with Crippen molar-refractivity contribution in [3.63, 3.8) is 0 Å². The van der Waals surface area contributed by atoms with E-state index < -0.39 is 0 Å². The maximum Gasteiger partial charge on any atom is 0.267 e. The van der Waals surface area contributed by atoms with Crippen molar-refractivity contribution in [3.8, 4) is 11.6 Å². The van der Waals surface area contributed by atoms with Crippen molar-refractivity contribution >= 4 is 28.4 Å². The van der Waals surface area contributed by atoms with Gasteiger partial charge >= 0.3 is 0 Å². The molecule has 2 N–H and O–H groups in total. The summed E-state index contributed by atoms with van der Waals surface area (Å²) >= 11 is 0. The SMILES string of the molecule is Cc1cccc(-n2ccc3cc(N4CCOc5ncnc(N)c5C4=O)cnc32)c1. The number of carbonyl (C=O) groups excluding carboxylic acids is 1. The van der Waals surface area contributed by atoms with Gasteiger partial charge in [0.15, 0.2) is 0 Å². The van der Waals surface area contributed by atoms with E-state index in [1.165, 1.54) is 11.9 Å². The Hall–Kier alpha value is -3.94. The number of ether oxygens (including phenoxy) is 1. The Labute approximate surface area is 166 Å². The average molecular weight is 386 g/mol.